The van der Waals surface area contributed by atoms with Gasteiger partial charge in [0.1, 0.15) is 5.75 Å². The number of hydrogen-bond acceptors (Lipinski definition) is 3. The number of hydrogen-bond donors (Lipinski definition) is 1. The fourth-order valence-electron chi connectivity index (χ4n) is 1.96. The summed E-state index contributed by atoms with van der Waals surface area (Å²) in [7, 11) is 0. The molecular formula is C19H22N2O2. The molecule has 1 atom stereocenters. The minimum Gasteiger partial charge on any atom is -0.481 e. The van der Waals surface area contributed by atoms with E-state index in [9.17, 15) is 4.79 Å². The molecule has 0 aliphatic rings. The number of rotatable bonds is 5. The van der Waals surface area contributed by atoms with Crippen molar-refractivity contribution >= 4 is 12.1 Å². The third-order valence-corrected chi connectivity index (χ3v) is 3.63. The predicted octanol–water partition coefficient (Wildman–Crippen LogP) is 3.53. The molecule has 0 aliphatic heterocycles. The van der Waals surface area contributed by atoms with Crippen LogP contribution in [0.1, 0.15) is 29.2 Å². The maximum absolute atomic E-state index is 12.0. The van der Waals surface area contributed by atoms with Crippen LogP contribution in [-0.4, -0.2) is 18.2 Å². The summed E-state index contributed by atoms with van der Waals surface area (Å²) in [6, 6.07) is 13.6. The summed E-state index contributed by atoms with van der Waals surface area (Å²) in [6.07, 6.45) is 0.993. The number of hydrazone groups is 1. The van der Waals surface area contributed by atoms with Crippen LogP contribution in [0.25, 0.3) is 0 Å². The molecule has 1 N–H and O–H groups in total. The molecule has 2 aromatic carbocycles. The number of ether oxygens (including phenoxy) is 1. The summed E-state index contributed by atoms with van der Waals surface area (Å²) in [5.74, 6) is 0.393. The Labute approximate surface area is 137 Å². The first kappa shape index (κ1) is 16.7. The van der Waals surface area contributed by atoms with Crippen LogP contribution in [0.2, 0.25) is 0 Å². The van der Waals surface area contributed by atoms with Crippen LogP contribution in [0, 0.1) is 20.8 Å². The standard InChI is InChI=1S/C19H22N2O2/c1-13-5-8-17(9-6-13)12-20-21-19(22)16(4)23-18-10-7-14(2)15(3)11-18/h5-12,16H,1-4H3,(H,21,22)/b20-12+. The van der Waals surface area contributed by atoms with Crippen molar-refractivity contribution in [3.05, 3.63) is 64.7 Å². The third kappa shape index (κ3) is 4.95. The SMILES string of the molecule is Cc1ccc(/C=N/NC(=O)C(C)Oc2ccc(C)c(C)c2)cc1. The first-order chi connectivity index (χ1) is 11.0. The first-order valence-electron chi connectivity index (χ1n) is 7.59. The number of carbonyl (C=O) groups excluding carboxylic acids is 1. The second kappa shape index (κ2) is 7.58. The minimum absolute atomic E-state index is 0.286. The smallest absolute Gasteiger partial charge is 0.280 e. The second-order valence-electron chi connectivity index (χ2n) is 5.65. The van der Waals surface area contributed by atoms with Gasteiger partial charge in [-0.15, -0.1) is 0 Å². The highest BCUT2D eigenvalue weighted by Crippen LogP contribution is 2.17. The maximum atomic E-state index is 12.0. The molecule has 4 nitrogen and oxygen atoms in total. The van der Waals surface area contributed by atoms with Crippen molar-refractivity contribution < 1.29 is 9.53 Å². The Morgan fingerprint density at radius 3 is 2.43 bits per heavy atom. The van der Waals surface area contributed by atoms with Gasteiger partial charge in [-0.25, -0.2) is 5.43 Å². The molecule has 0 heterocycles. The van der Waals surface area contributed by atoms with E-state index in [-0.39, 0.29) is 5.91 Å². The highest BCUT2D eigenvalue weighted by molar-refractivity contribution is 5.84. The number of carbonyl (C=O) groups is 1. The van der Waals surface area contributed by atoms with Gasteiger partial charge in [0.2, 0.25) is 0 Å². The fraction of sp³-hybridized carbons (Fsp3) is 0.263. The molecular weight excluding hydrogens is 288 g/mol. The van der Waals surface area contributed by atoms with Gasteiger partial charge in [0.25, 0.3) is 5.91 Å². The molecule has 2 aromatic rings. The fourth-order valence-corrected chi connectivity index (χ4v) is 1.96. The lowest BCUT2D eigenvalue weighted by atomic mass is 10.1. The van der Waals surface area contributed by atoms with Gasteiger partial charge in [-0.05, 0) is 56.5 Å². The Morgan fingerprint density at radius 2 is 1.78 bits per heavy atom. The molecule has 1 amide bonds. The summed E-state index contributed by atoms with van der Waals surface area (Å²) >= 11 is 0. The maximum Gasteiger partial charge on any atom is 0.280 e. The molecule has 0 saturated carbocycles. The molecule has 0 fully saturated rings. The monoisotopic (exact) mass is 310 g/mol. The summed E-state index contributed by atoms with van der Waals surface area (Å²) in [4.78, 5) is 12.0. The second-order valence-corrected chi connectivity index (χ2v) is 5.65. The lowest BCUT2D eigenvalue weighted by Gasteiger charge is -2.14. The van der Waals surface area contributed by atoms with Gasteiger partial charge >= 0.3 is 0 Å². The van der Waals surface area contributed by atoms with Crippen LogP contribution in [0.15, 0.2) is 47.6 Å². The number of benzene rings is 2. The van der Waals surface area contributed by atoms with E-state index < -0.39 is 6.10 Å². The van der Waals surface area contributed by atoms with Gasteiger partial charge in [-0.3, -0.25) is 4.79 Å². The summed E-state index contributed by atoms with van der Waals surface area (Å²) in [6.45, 7) is 7.77. The van der Waals surface area contributed by atoms with E-state index in [0.717, 1.165) is 11.1 Å². The van der Waals surface area contributed by atoms with E-state index in [1.165, 1.54) is 11.1 Å². The third-order valence-electron chi connectivity index (χ3n) is 3.63. The molecule has 0 aliphatic carbocycles. The van der Waals surface area contributed by atoms with E-state index in [1.807, 2.05) is 63.2 Å². The molecule has 2 rings (SSSR count). The molecule has 0 aromatic heterocycles. The van der Waals surface area contributed by atoms with Gasteiger partial charge in [0, 0.05) is 0 Å². The molecule has 23 heavy (non-hydrogen) atoms. The minimum atomic E-state index is -0.618. The number of nitrogens with one attached hydrogen (secondary N) is 1. The largest absolute Gasteiger partial charge is 0.481 e. The molecule has 4 heteroatoms. The van der Waals surface area contributed by atoms with Crippen molar-refractivity contribution in [2.24, 2.45) is 5.10 Å². The first-order valence-corrected chi connectivity index (χ1v) is 7.59. The van der Waals surface area contributed by atoms with Crippen molar-refractivity contribution in [2.75, 3.05) is 0 Å². The zero-order valence-electron chi connectivity index (χ0n) is 14.0. The Balaban J connectivity index is 1.89. The van der Waals surface area contributed by atoms with Gasteiger partial charge in [0.05, 0.1) is 6.21 Å². The van der Waals surface area contributed by atoms with E-state index in [0.29, 0.717) is 5.75 Å². The normalized spacial score (nSPS) is 12.2. The van der Waals surface area contributed by atoms with Crippen LogP contribution >= 0.6 is 0 Å². The summed E-state index contributed by atoms with van der Waals surface area (Å²) in [5, 5.41) is 3.96. The molecule has 0 saturated heterocycles. The van der Waals surface area contributed by atoms with Gasteiger partial charge in [0.15, 0.2) is 6.10 Å². The van der Waals surface area contributed by atoms with Gasteiger partial charge in [-0.1, -0.05) is 35.9 Å². The Morgan fingerprint density at radius 1 is 1.09 bits per heavy atom. The average molecular weight is 310 g/mol. The zero-order valence-corrected chi connectivity index (χ0v) is 14.0. The topological polar surface area (TPSA) is 50.7 Å². The highest BCUT2D eigenvalue weighted by atomic mass is 16.5. The molecule has 0 radical (unpaired) electrons. The van der Waals surface area contributed by atoms with Gasteiger partial charge in [-0.2, -0.15) is 5.10 Å². The van der Waals surface area contributed by atoms with Crippen LogP contribution in [-0.2, 0) is 4.79 Å². The van der Waals surface area contributed by atoms with E-state index in [1.54, 1.807) is 13.1 Å². The van der Waals surface area contributed by atoms with Crippen LogP contribution < -0.4 is 10.2 Å². The number of aryl methyl sites for hydroxylation is 3. The molecule has 0 bridgehead atoms. The zero-order chi connectivity index (χ0) is 16.8. The van der Waals surface area contributed by atoms with E-state index >= 15 is 0 Å². The van der Waals surface area contributed by atoms with E-state index in [4.69, 9.17) is 4.74 Å². The lowest BCUT2D eigenvalue weighted by molar-refractivity contribution is -0.127. The Bertz CT molecular complexity index is 706. The average Bonchev–Trinajstić information content (AvgIpc) is 2.52. The van der Waals surface area contributed by atoms with Crippen molar-refractivity contribution in [1.82, 2.24) is 5.43 Å². The van der Waals surface area contributed by atoms with Crippen molar-refractivity contribution in [3.8, 4) is 5.75 Å². The Kier molecular flexibility index (Phi) is 5.52. The highest BCUT2D eigenvalue weighted by Gasteiger charge is 2.14. The van der Waals surface area contributed by atoms with Crippen molar-refractivity contribution in [1.29, 1.82) is 0 Å². The van der Waals surface area contributed by atoms with Crippen LogP contribution in [0.5, 0.6) is 5.75 Å². The lowest BCUT2D eigenvalue weighted by Crippen LogP contribution is -2.33. The predicted molar refractivity (Wildman–Crippen MR) is 92.9 cm³/mol. The van der Waals surface area contributed by atoms with Crippen LogP contribution in [0.4, 0.5) is 0 Å². The van der Waals surface area contributed by atoms with Crippen molar-refractivity contribution in [2.45, 2.75) is 33.8 Å². The summed E-state index contributed by atoms with van der Waals surface area (Å²) in [5.41, 5.74) is 6.93. The molecule has 0 spiro atoms. The van der Waals surface area contributed by atoms with Gasteiger partial charge < -0.3 is 4.74 Å². The van der Waals surface area contributed by atoms with E-state index in [2.05, 4.69) is 10.5 Å². The quantitative estimate of drug-likeness (QED) is 0.678. The number of nitrogens with zero attached hydrogens (tertiary/aromatic N) is 1. The number of amides is 1. The summed E-state index contributed by atoms with van der Waals surface area (Å²) < 4.78 is 5.64. The van der Waals surface area contributed by atoms with Crippen molar-refractivity contribution in [3.63, 3.8) is 0 Å². The molecule has 120 valence electrons. The van der Waals surface area contributed by atoms with Crippen LogP contribution in [0.3, 0.4) is 0 Å². The molecule has 1 unspecified atom stereocenters. The Hall–Kier alpha value is -2.62.